The Morgan fingerprint density at radius 2 is 2.06 bits per heavy atom. The van der Waals surface area contributed by atoms with Gasteiger partial charge in [-0.25, -0.2) is 0 Å². The molecule has 0 radical (unpaired) electrons. The summed E-state index contributed by atoms with van der Waals surface area (Å²) in [7, 11) is 0. The summed E-state index contributed by atoms with van der Waals surface area (Å²) in [5.74, 6) is -0.162. The number of halogens is 2. The topological polar surface area (TPSA) is 34.9 Å². The zero-order valence-corrected chi connectivity index (χ0v) is 11.6. The van der Waals surface area contributed by atoms with Crippen molar-refractivity contribution in [2.24, 2.45) is 0 Å². The Labute approximate surface area is 115 Å². The van der Waals surface area contributed by atoms with Crippen LogP contribution in [-0.2, 0) is 6.54 Å². The fourth-order valence-electron chi connectivity index (χ4n) is 1.78. The minimum absolute atomic E-state index is 0.162. The Kier molecular flexibility index (Phi) is 3.73. The van der Waals surface area contributed by atoms with Crippen molar-refractivity contribution in [1.29, 1.82) is 0 Å². The average molecular weight is 283 g/mol. The lowest BCUT2D eigenvalue weighted by atomic mass is 10.1. The molecule has 5 heteroatoms. The molecule has 0 atom stereocenters. The van der Waals surface area contributed by atoms with Crippen molar-refractivity contribution in [2.75, 3.05) is 0 Å². The van der Waals surface area contributed by atoms with E-state index in [1.807, 2.05) is 13.8 Å². The lowest BCUT2D eigenvalue weighted by molar-refractivity contribution is 0.102. The predicted octanol–water partition coefficient (Wildman–Crippen LogP) is 3.75. The van der Waals surface area contributed by atoms with Gasteiger partial charge in [0.05, 0.1) is 10.7 Å². The Morgan fingerprint density at radius 3 is 2.72 bits per heavy atom. The van der Waals surface area contributed by atoms with Crippen LogP contribution in [0.3, 0.4) is 0 Å². The van der Waals surface area contributed by atoms with Crippen molar-refractivity contribution in [3.63, 3.8) is 0 Å². The van der Waals surface area contributed by atoms with E-state index in [4.69, 9.17) is 23.2 Å². The first-order valence-corrected chi connectivity index (χ1v) is 6.32. The highest BCUT2D eigenvalue weighted by molar-refractivity contribution is 6.36. The van der Waals surface area contributed by atoms with E-state index in [0.29, 0.717) is 27.8 Å². The van der Waals surface area contributed by atoms with Crippen LogP contribution in [0.4, 0.5) is 0 Å². The summed E-state index contributed by atoms with van der Waals surface area (Å²) in [4.78, 5) is 12.4. The maximum absolute atomic E-state index is 12.4. The number of aryl methyl sites for hydroxylation is 2. The molecule has 1 aromatic heterocycles. The van der Waals surface area contributed by atoms with Crippen molar-refractivity contribution in [3.8, 4) is 0 Å². The summed E-state index contributed by atoms with van der Waals surface area (Å²) in [5, 5.41) is 5.13. The molecule has 0 bridgehead atoms. The molecule has 94 valence electrons. The number of carbonyl (C=O) groups is 1. The van der Waals surface area contributed by atoms with Crippen molar-refractivity contribution in [2.45, 2.75) is 20.4 Å². The van der Waals surface area contributed by atoms with Crippen LogP contribution in [0.2, 0.25) is 10.0 Å². The van der Waals surface area contributed by atoms with Crippen LogP contribution >= 0.6 is 23.2 Å². The number of benzene rings is 1. The van der Waals surface area contributed by atoms with Gasteiger partial charge in [-0.1, -0.05) is 23.2 Å². The predicted molar refractivity (Wildman–Crippen MR) is 72.5 cm³/mol. The smallest absolute Gasteiger partial charge is 0.212 e. The second-order valence-electron chi connectivity index (χ2n) is 3.94. The molecular formula is C13H12Cl2N2O. The monoisotopic (exact) mass is 282 g/mol. The summed E-state index contributed by atoms with van der Waals surface area (Å²) in [6.07, 6.45) is 0. The van der Waals surface area contributed by atoms with Crippen LogP contribution in [-0.4, -0.2) is 15.6 Å². The molecule has 18 heavy (non-hydrogen) atoms. The van der Waals surface area contributed by atoms with E-state index in [1.165, 1.54) is 0 Å². The number of carbonyl (C=O) groups excluding carboxylic acids is 1. The van der Waals surface area contributed by atoms with Gasteiger partial charge in [-0.15, -0.1) is 0 Å². The first kappa shape index (κ1) is 13.1. The fourth-order valence-corrected chi connectivity index (χ4v) is 2.15. The zero-order valence-electron chi connectivity index (χ0n) is 10.1. The molecule has 2 rings (SSSR count). The first-order chi connectivity index (χ1) is 8.52. The molecule has 0 aliphatic heterocycles. The third-order valence-electron chi connectivity index (χ3n) is 2.61. The second kappa shape index (κ2) is 5.12. The summed E-state index contributed by atoms with van der Waals surface area (Å²) in [6.45, 7) is 4.42. The molecule has 0 amide bonds. The van der Waals surface area contributed by atoms with Gasteiger partial charge < -0.3 is 0 Å². The molecule has 2 aromatic rings. The zero-order chi connectivity index (χ0) is 13.3. The molecule has 0 N–H and O–H groups in total. The van der Waals surface area contributed by atoms with Gasteiger partial charge in [0.25, 0.3) is 0 Å². The largest absolute Gasteiger partial charge is 0.287 e. The highest BCUT2D eigenvalue weighted by Crippen LogP contribution is 2.23. The maximum Gasteiger partial charge on any atom is 0.212 e. The number of ketones is 1. The van der Waals surface area contributed by atoms with Crippen molar-refractivity contribution in [3.05, 3.63) is 51.3 Å². The van der Waals surface area contributed by atoms with Crippen LogP contribution in [0.15, 0.2) is 24.3 Å². The third kappa shape index (κ3) is 2.42. The van der Waals surface area contributed by atoms with E-state index < -0.39 is 0 Å². The second-order valence-corrected chi connectivity index (χ2v) is 4.78. The first-order valence-electron chi connectivity index (χ1n) is 5.57. The highest BCUT2D eigenvalue weighted by atomic mass is 35.5. The fraction of sp³-hybridized carbons (Fsp3) is 0.231. The number of rotatable bonds is 3. The molecule has 1 heterocycles. The molecule has 0 saturated carbocycles. The molecule has 0 unspecified atom stereocenters. The molecule has 0 aliphatic carbocycles. The summed E-state index contributed by atoms with van der Waals surface area (Å²) in [5.41, 5.74) is 1.73. The Hall–Kier alpha value is -1.32. The van der Waals surface area contributed by atoms with E-state index in [2.05, 4.69) is 5.10 Å². The van der Waals surface area contributed by atoms with Crippen LogP contribution in [0, 0.1) is 6.92 Å². The molecule has 1 aromatic carbocycles. The van der Waals surface area contributed by atoms with Gasteiger partial charge in [-0.2, -0.15) is 5.10 Å². The molecular weight excluding hydrogens is 271 g/mol. The molecule has 0 spiro atoms. The minimum atomic E-state index is -0.162. The average Bonchev–Trinajstić information content (AvgIpc) is 2.72. The van der Waals surface area contributed by atoms with E-state index in [-0.39, 0.29) is 5.78 Å². The van der Waals surface area contributed by atoms with Gasteiger partial charge >= 0.3 is 0 Å². The lowest BCUT2D eigenvalue weighted by Crippen LogP contribution is -2.11. The molecule has 0 aliphatic rings. The van der Waals surface area contributed by atoms with Crippen molar-refractivity contribution >= 4 is 29.0 Å². The Morgan fingerprint density at radius 1 is 1.33 bits per heavy atom. The summed E-state index contributed by atoms with van der Waals surface area (Å²) >= 11 is 11.9. The number of nitrogens with zero attached hydrogens (tertiary/aromatic N) is 2. The quantitative estimate of drug-likeness (QED) is 0.804. The van der Waals surface area contributed by atoms with Crippen molar-refractivity contribution in [1.82, 2.24) is 9.78 Å². The van der Waals surface area contributed by atoms with E-state index in [9.17, 15) is 4.79 Å². The highest BCUT2D eigenvalue weighted by Gasteiger charge is 2.18. The van der Waals surface area contributed by atoms with Gasteiger partial charge in [0.15, 0.2) is 0 Å². The van der Waals surface area contributed by atoms with Gasteiger partial charge in [-0.05, 0) is 38.1 Å². The number of hydrogen-bond acceptors (Lipinski definition) is 2. The van der Waals surface area contributed by atoms with E-state index in [0.717, 1.165) is 5.69 Å². The van der Waals surface area contributed by atoms with E-state index >= 15 is 0 Å². The van der Waals surface area contributed by atoms with Gasteiger partial charge in [0.2, 0.25) is 5.78 Å². The van der Waals surface area contributed by atoms with Crippen LogP contribution in [0.1, 0.15) is 28.7 Å². The van der Waals surface area contributed by atoms with E-state index in [1.54, 1.807) is 28.9 Å². The number of hydrogen-bond donors (Lipinski definition) is 0. The van der Waals surface area contributed by atoms with Crippen LogP contribution in [0.5, 0.6) is 0 Å². The lowest BCUT2D eigenvalue weighted by Gasteiger charge is -2.06. The molecule has 0 saturated heterocycles. The molecule has 0 fully saturated rings. The van der Waals surface area contributed by atoms with Crippen LogP contribution < -0.4 is 0 Å². The summed E-state index contributed by atoms with van der Waals surface area (Å²) in [6, 6.07) is 6.61. The normalized spacial score (nSPS) is 10.7. The maximum atomic E-state index is 12.4. The third-order valence-corrected chi connectivity index (χ3v) is 3.17. The van der Waals surface area contributed by atoms with Crippen LogP contribution in [0.25, 0.3) is 0 Å². The molecule has 3 nitrogen and oxygen atoms in total. The Balaban J connectivity index is 2.50. The van der Waals surface area contributed by atoms with Gasteiger partial charge in [0, 0.05) is 17.1 Å². The standard InChI is InChI=1S/C13H12Cl2N2O/c1-3-17-12(6-8(2)16-17)13(18)10-7-9(14)4-5-11(10)15/h4-7H,3H2,1-2H3. The Bertz CT molecular complexity index is 605. The van der Waals surface area contributed by atoms with Gasteiger partial charge in [0.1, 0.15) is 5.69 Å². The number of aromatic nitrogens is 2. The van der Waals surface area contributed by atoms with Gasteiger partial charge in [-0.3, -0.25) is 9.48 Å². The summed E-state index contributed by atoms with van der Waals surface area (Å²) < 4.78 is 1.66. The van der Waals surface area contributed by atoms with Crippen molar-refractivity contribution < 1.29 is 4.79 Å². The minimum Gasteiger partial charge on any atom is -0.287 e. The SMILES string of the molecule is CCn1nc(C)cc1C(=O)c1cc(Cl)ccc1Cl.